The number of aromatic nitrogens is 3. The van der Waals surface area contributed by atoms with Gasteiger partial charge in [0.25, 0.3) is 0 Å². The van der Waals surface area contributed by atoms with Crippen LogP contribution >= 0.6 is 0 Å². The number of carbonyl (C=O) groups is 2. The first-order chi connectivity index (χ1) is 15.2. The van der Waals surface area contributed by atoms with Crippen LogP contribution in [-0.4, -0.2) is 37.7 Å². The number of carbonyl (C=O) groups excluding carboxylic acids is 2. The summed E-state index contributed by atoms with van der Waals surface area (Å²) in [4.78, 5) is 51.6. The van der Waals surface area contributed by atoms with Crippen molar-refractivity contribution in [3.63, 3.8) is 0 Å². The van der Waals surface area contributed by atoms with Crippen LogP contribution in [0, 0.1) is 0 Å². The molecule has 0 bridgehead atoms. The van der Waals surface area contributed by atoms with Gasteiger partial charge in [-0.05, 0) is 36.8 Å². The van der Waals surface area contributed by atoms with Crippen LogP contribution in [0.2, 0.25) is 0 Å². The number of methoxy groups -OCH3 is 1. The highest BCUT2D eigenvalue weighted by Crippen LogP contribution is 2.51. The Morgan fingerprint density at radius 1 is 1.12 bits per heavy atom. The van der Waals surface area contributed by atoms with Crippen LogP contribution < -0.4 is 16.1 Å². The van der Waals surface area contributed by atoms with Crippen LogP contribution in [0.15, 0.2) is 62.2 Å². The largest absolute Gasteiger partial charge is 0.508 e. The minimum Gasteiger partial charge on any atom is -0.508 e. The molecular weight excluding hydrogens is 414 g/mol. The number of Topliss-reactive ketones (excluding diaryl/α,β-unsaturated/α-hetero) is 1. The van der Waals surface area contributed by atoms with Crippen molar-refractivity contribution in [2.45, 2.75) is 31.8 Å². The van der Waals surface area contributed by atoms with Crippen LogP contribution in [0.4, 0.5) is 0 Å². The molecule has 0 spiro atoms. The van der Waals surface area contributed by atoms with E-state index in [9.17, 15) is 24.3 Å². The second-order valence-electron chi connectivity index (χ2n) is 8.25. The van der Waals surface area contributed by atoms with E-state index in [4.69, 9.17) is 4.74 Å². The molecule has 1 N–H and O–H groups in total. The van der Waals surface area contributed by atoms with Gasteiger partial charge in [0.15, 0.2) is 11.6 Å². The van der Waals surface area contributed by atoms with Crippen LogP contribution in [0.1, 0.15) is 30.9 Å². The van der Waals surface area contributed by atoms with E-state index in [-0.39, 0.29) is 30.3 Å². The molecule has 0 fully saturated rings. The first-order valence-electron chi connectivity index (χ1n) is 10.2. The second kappa shape index (κ2) is 6.81. The van der Waals surface area contributed by atoms with Gasteiger partial charge in [-0.3, -0.25) is 9.59 Å². The molecule has 2 aromatic rings. The zero-order valence-electron chi connectivity index (χ0n) is 17.8. The fourth-order valence-electron chi connectivity index (χ4n) is 4.99. The molecule has 2 heterocycles. The molecule has 32 heavy (non-hydrogen) atoms. The van der Waals surface area contributed by atoms with E-state index in [0.29, 0.717) is 33.6 Å². The molecule has 1 aromatic heterocycles. The predicted octanol–water partition coefficient (Wildman–Crippen LogP) is 1.13. The second-order valence-corrected chi connectivity index (χ2v) is 8.25. The molecule has 0 saturated heterocycles. The number of phenols is 1. The van der Waals surface area contributed by atoms with Gasteiger partial charge in [0.2, 0.25) is 0 Å². The Labute approximate surface area is 182 Å². The number of nitrogens with zero attached hydrogens (tertiary/aromatic N) is 3. The Balaban J connectivity index is 1.81. The number of phenolic OH excluding ortho intramolecular Hbond substituents is 1. The number of ether oxygens (including phenoxy) is 1. The van der Waals surface area contributed by atoms with Gasteiger partial charge >= 0.3 is 11.4 Å². The molecule has 0 radical (unpaired) electrons. The Hall–Kier alpha value is -3.88. The molecule has 0 amide bonds. The van der Waals surface area contributed by atoms with Crippen molar-refractivity contribution < 1.29 is 19.4 Å². The minimum absolute atomic E-state index is 0.0555. The van der Waals surface area contributed by atoms with Crippen LogP contribution in [-0.2, 0) is 23.2 Å². The van der Waals surface area contributed by atoms with Crippen molar-refractivity contribution in [2.24, 2.45) is 7.05 Å². The third kappa shape index (κ3) is 2.57. The van der Waals surface area contributed by atoms with Crippen molar-refractivity contribution in [3.05, 3.63) is 79.2 Å². The van der Waals surface area contributed by atoms with Gasteiger partial charge in [0.1, 0.15) is 11.5 Å². The van der Waals surface area contributed by atoms with E-state index in [1.165, 1.54) is 35.7 Å². The first kappa shape index (κ1) is 20.0. The Morgan fingerprint density at radius 3 is 2.59 bits per heavy atom. The first-order valence-corrected chi connectivity index (χ1v) is 10.2. The molecule has 1 aliphatic heterocycles. The standard InChI is InChI=1S/C23H21N3O6/c1-11-8-18(28)15-10-16-13(6-7-25-22(30)24(2)23(31)26(16)25)19(20(15)21(11)29)14-9-12(32-3)4-5-17(14)27/h4-6,8-9,16,19,27H,7,10H2,1-3H3/t16-,19-/m1/s1. The van der Waals surface area contributed by atoms with E-state index >= 15 is 0 Å². The van der Waals surface area contributed by atoms with Crippen molar-refractivity contribution in [2.75, 3.05) is 7.11 Å². The third-order valence-corrected chi connectivity index (χ3v) is 6.57. The third-order valence-electron chi connectivity index (χ3n) is 6.57. The van der Waals surface area contributed by atoms with E-state index in [1.54, 1.807) is 19.1 Å². The lowest BCUT2D eigenvalue weighted by Gasteiger charge is -2.39. The molecule has 9 heteroatoms. The maximum absolute atomic E-state index is 13.3. The van der Waals surface area contributed by atoms with E-state index in [0.717, 1.165) is 4.57 Å². The molecule has 9 nitrogen and oxygen atoms in total. The van der Waals surface area contributed by atoms with Crippen LogP contribution in [0.5, 0.6) is 11.5 Å². The number of rotatable bonds is 2. The molecule has 1 aromatic carbocycles. The van der Waals surface area contributed by atoms with Gasteiger partial charge in [-0.1, -0.05) is 6.08 Å². The number of aromatic hydroxyl groups is 1. The zero-order chi connectivity index (χ0) is 22.9. The SMILES string of the molecule is COc1ccc(O)c([C@H]2C3=CCn4c(=O)n(C)c(=O)n4[C@@H]3CC3=C2C(=O)C(C)=CC3=O)c1. The summed E-state index contributed by atoms with van der Waals surface area (Å²) >= 11 is 0. The van der Waals surface area contributed by atoms with Gasteiger partial charge in [0, 0.05) is 41.7 Å². The summed E-state index contributed by atoms with van der Waals surface area (Å²) in [6, 6.07) is 4.07. The summed E-state index contributed by atoms with van der Waals surface area (Å²) in [6.45, 7) is 1.73. The van der Waals surface area contributed by atoms with E-state index < -0.39 is 23.3 Å². The average molecular weight is 435 g/mol. The number of hydrogen-bond donors (Lipinski definition) is 1. The number of hydrogen-bond acceptors (Lipinski definition) is 6. The summed E-state index contributed by atoms with van der Waals surface area (Å²) in [5.74, 6) is -0.898. The van der Waals surface area contributed by atoms with E-state index in [1.807, 2.05) is 6.08 Å². The Morgan fingerprint density at radius 2 is 1.88 bits per heavy atom. The molecule has 164 valence electrons. The van der Waals surface area contributed by atoms with Gasteiger partial charge < -0.3 is 9.84 Å². The quantitative estimate of drug-likeness (QED) is 0.559. The van der Waals surface area contributed by atoms with Crippen molar-refractivity contribution in [1.29, 1.82) is 0 Å². The summed E-state index contributed by atoms with van der Waals surface area (Å²) in [5.41, 5.74) is 1.08. The summed E-state index contributed by atoms with van der Waals surface area (Å²) in [7, 11) is 2.90. The smallest absolute Gasteiger partial charge is 0.347 e. The summed E-state index contributed by atoms with van der Waals surface area (Å²) in [5, 5.41) is 10.7. The molecule has 0 saturated carbocycles. The molecule has 3 aliphatic rings. The predicted molar refractivity (Wildman–Crippen MR) is 114 cm³/mol. The molecule has 2 aliphatic carbocycles. The van der Waals surface area contributed by atoms with Crippen molar-refractivity contribution in [1.82, 2.24) is 13.9 Å². The highest BCUT2D eigenvalue weighted by molar-refractivity contribution is 6.23. The van der Waals surface area contributed by atoms with Crippen LogP contribution in [0.3, 0.4) is 0 Å². The summed E-state index contributed by atoms with van der Waals surface area (Å²) < 4.78 is 9.04. The van der Waals surface area contributed by atoms with Gasteiger partial charge in [0.05, 0.1) is 19.7 Å². The maximum atomic E-state index is 13.3. The van der Waals surface area contributed by atoms with Gasteiger partial charge in [-0.25, -0.2) is 23.5 Å². The van der Waals surface area contributed by atoms with Crippen molar-refractivity contribution in [3.8, 4) is 11.5 Å². The Kier molecular flexibility index (Phi) is 4.27. The van der Waals surface area contributed by atoms with Crippen LogP contribution in [0.25, 0.3) is 0 Å². The highest BCUT2D eigenvalue weighted by Gasteiger charge is 2.45. The number of ketones is 2. The summed E-state index contributed by atoms with van der Waals surface area (Å²) in [6.07, 6.45) is 3.23. The van der Waals surface area contributed by atoms with E-state index in [2.05, 4.69) is 0 Å². The lowest BCUT2D eigenvalue weighted by atomic mass is 9.67. The average Bonchev–Trinajstić information content (AvgIpc) is 3.01. The number of benzene rings is 1. The normalized spacial score (nSPS) is 22.1. The number of allylic oxidation sites excluding steroid dienone is 6. The van der Waals surface area contributed by atoms with Gasteiger partial charge in [-0.15, -0.1) is 0 Å². The fourth-order valence-corrected chi connectivity index (χ4v) is 4.99. The molecule has 5 rings (SSSR count). The maximum Gasteiger partial charge on any atom is 0.347 e. The zero-order valence-corrected chi connectivity index (χ0v) is 17.8. The monoisotopic (exact) mass is 435 g/mol. The lowest BCUT2D eigenvalue weighted by Crippen LogP contribution is -2.40. The molecule has 2 atom stereocenters. The lowest BCUT2D eigenvalue weighted by molar-refractivity contribution is -0.116. The van der Waals surface area contributed by atoms with Gasteiger partial charge in [-0.2, -0.15) is 0 Å². The highest BCUT2D eigenvalue weighted by atomic mass is 16.5. The fraction of sp³-hybridized carbons (Fsp3) is 0.304. The minimum atomic E-state index is -0.755. The van der Waals surface area contributed by atoms with Crippen molar-refractivity contribution >= 4 is 11.6 Å². The Bertz CT molecular complexity index is 1430. The molecule has 0 unspecified atom stereocenters. The molecular formula is C23H21N3O6. The topological polar surface area (TPSA) is 113 Å². The number of fused-ring (bicyclic) bond motifs is 3.